The molecule has 1 fully saturated rings. The van der Waals surface area contributed by atoms with Crippen LogP contribution in [-0.4, -0.2) is 30.6 Å². The van der Waals surface area contributed by atoms with Crippen molar-refractivity contribution in [3.8, 4) is 0 Å². The maximum absolute atomic E-state index is 5.73. The van der Waals surface area contributed by atoms with Crippen LogP contribution in [0.15, 0.2) is 0 Å². The van der Waals surface area contributed by atoms with Gasteiger partial charge in [-0.05, 0) is 44.1 Å². The van der Waals surface area contributed by atoms with Crippen LogP contribution < -0.4 is 5.73 Å². The van der Waals surface area contributed by atoms with Gasteiger partial charge in [0.2, 0.25) is 0 Å². The average molecular weight is 226 g/mol. The molecule has 0 amide bonds. The lowest BCUT2D eigenvalue weighted by molar-refractivity contribution is 0.110. The first kappa shape index (κ1) is 14.0. The van der Waals surface area contributed by atoms with Crippen LogP contribution in [0, 0.1) is 11.8 Å². The Hall–Kier alpha value is -0.0800. The van der Waals surface area contributed by atoms with Crippen molar-refractivity contribution in [1.29, 1.82) is 0 Å². The lowest BCUT2D eigenvalue weighted by Crippen LogP contribution is -2.43. The zero-order chi connectivity index (χ0) is 12.0. The van der Waals surface area contributed by atoms with Crippen LogP contribution in [-0.2, 0) is 0 Å². The van der Waals surface area contributed by atoms with E-state index in [0.29, 0.717) is 0 Å². The van der Waals surface area contributed by atoms with E-state index in [0.717, 1.165) is 31.0 Å². The van der Waals surface area contributed by atoms with E-state index in [1.54, 1.807) is 0 Å². The fraction of sp³-hybridized carbons (Fsp3) is 1.00. The minimum atomic E-state index is 0.807. The van der Waals surface area contributed by atoms with Crippen molar-refractivity contribution in [1.82, 2.24) is 4.90 Å². The third kappa shape index (κ3) is 4.06. The van der Waals surface area contributed by atoms with Crippen LogP contribution in [0.3, 0.4) is 0 Å². The highest BCUT2D eigenvalue weighted by Crippen LogP contribution is 2.32. The molecular weight excluding hydrogens is 196 g/mol. The van der Waals surface area contributed by atoms with Crippen molar-refractivity contribution in [3.05, 3.63) is 0 Å². The Morgan fingerprint density at radius 2 is 1.88 bits per heavy atom. The van der Waals surface area contributed by atoms with Gasteiger partial charge in [0.05, 0.1) is 0 Å². The van der Waals surface area contributed by atoms with Crippen molar-refractivity contribution in [2.45, 2.75) is 58.9 Å². The van der Waals surface area contributed by atoms with Crippen molar-refractivity contribution < 1.29 is 0 Å². The second kappa shape index (κ2) is 7.29. The Morgan fingerprint density at radius 1 is 1.12 bits per heavy atom. The van der Waals surface area contributed by atoms with Crippen LogP contribution in [0.25, 0.3) is 0 Å². The first-order valence-corrected chi connectivity index (χ1v) is 7.13. The Labute approximate surface area is 102 Å². The minimum absolute atomic E-state index is 0.807. The zero-order valence-electron chi connectivity index (χ0n) is 11.4. The summed E-state index contributed by atoms with van der Waals surface area (Å²) in [7, 11) is 0. The molecule has 1 saturated carbocycles. The molecule has 0 spiro atoms. The van der Waals surface area contributed by atoms with Gasteiger partial charge in [-0.25, -0.2) is 0 Å². The summed E-state index contributed by atoms with van der Waals surface area (Å²) in [5.74, 6) is 1.81. The first-order chi connectivity index (χ1) is 7.69. The van der Waals surface area contributed by atoms with Gasteiger partial charge in [0, 0.05) is 19.1 Å². The fourth-order valence-corrected chi connectivity index (χ4v) is 2.85. The molecule has 0 aromatic rings. The smallest absolute Gasteiger partial charge is 0.0108 e. The molecule has 0 saturated heterocycles. The minimum Gasteiger partial charge on any atom is -0.329 e. The van der Waals surface area contributed by atoms with Crippen molar-refractivity contribution in [2.24, 2.45) is 17.6 Å². The highest BCUT2D eigenvalue weighted by Gasteiger charge is 2.27. The molecule has 3 unspecified atom stereocenters. The molecule has 1 aliphatic rings. The van der Waals surface area contributed by atoms with E-state index < -0.39 is 0 Å². The highest BCUT2D eigenvalue weighted by molar-refractivity contribution is 4.82. The molecule has 2 nitrogen and oxygen atoms in total. The lowest BCUT2D eigenvalue weighted by atomic mass is 9.78. The number of unbranched alkanes of at least 4 members (excludes halogenated alkanes) is 1. The topological polar surface area (TPSA) is 29.3 Å². The van der Waals surface area contributed by atoms with Gasteiger partial charge in [-0.3, -0.25) is 4.90 Å². The van der Waals surface area contributed by atoms with E-state index in [-0.39, 0.29) is 0 Å². The van der Waals surface area contributed by atoms with E-state index in [1.165, 1.54) is 38.6 Å². The van der Waals surface area contributed by atoms with Gasteiger partial charge in [-0.2, -0.15) is 0 Å². The summed E-state index contributed by atoms with van der Waals surface area (Å²) in [5.41, 5.74) is 5.73. The van der Waals surface area contributed by atoms with E-state index in [2.05, 4.69) is 25.7 Å². The molecule has 0 bridgehead atoms. The fourth-order valence-electron chi connectivity index (χ4n) is 2.85. The van der Waals surface area contributed by atoms with Gasteiger partial charge in [-0.1, -0.05) is 27.2 Å². The van der Waals surface area contributed by atoms with Gasteiger partial charge < -0.3 is 5.73 Å². The van der Waals surface area contributed by atoms with Crippen molar-refractivity contribution in [2.75, 3.05) is 19.6 Å². The second-order valence-electron chi connectivity index (χ2n) is 5.60. The van der Waals surface area contributed by atoms with Crippen LogP contribution in [0.5, 0.6) is 0 Å². The standard InChI is InChI=1S/C14H30N2/c1-4-5-9-16(10-8-15)14-7-6-12(2)13(3)11-14/h12-14H,4-11,15H2,1-3H3. The van der Waals surface area contributed by atoms with Gasteiger partial charge in [0.1, 0.15) is 0 Å². The van der Waals surface area contributed by atoms with Crippen molar-refractivity contribution >= 4 is 0 Å². The first-order valence-electron chi connectivity index (χ1n) is 7.13. The summed E-state index contributed by atoms with van der Waals surface area (Å²) in [6, 6.07) is 0.807. The Morgan fingerprint density at radius 3 is 2.44 bits per heavy atom. The molecule has 2 heteroatoms. The van der Waals surface area contributed by atoms with E-state index >= 15 is 0 Å². The summed E-state index contributed by atoms with van der Waals surface area (Å²) < 4.78 is 0. The largest absolute Gasteiger partial charge is 0.329 e. The number of nitrogens with two attached hydrogens (primary N) is 1. The van der Waals surface area contributed by atoms with E-state index in [4.69, 9.17) is 5.73 Å². The number of rotatable bonds is 6. The predicted molar refractivity (Wildman–Crippen MR) is 71.5 cm³/mol. The van der Waals surface area contributed by atoms with Gasteiger partial charge >= 0.3 is 0 Å². The Kier molecular flexibility index (Phi) is 6.37. The molecule has 0 radical (unpaired) electrons. The van der Waals surface area contributed by atoms with Crippen LogP contribution in [0.2, 0.25) is 0 Å². The maximum Gasteiger partial charge on any atom is 0.0108 e. The molecule has 1 rings (SSSR count). The molecule has 0 aliphatic heterocycles. The lowest BCUT2D eigenvalue weighted by Gasteiger charge is -2.39. The van der Waals surface area contributed by atoms with Crippen LogP contribution >= 0.6 is 0 Å². The molecule has 2 N–H and O–H groups in total. The van der Waals surface area contributed by atoms with E-state index in [1.807, 2.05) is 0 Å². The normalized spacial score (nSPS) is 30.9. The second-order valence-corrected chi connectivity index (χ2v) is 5.60. The van der Waals surface area contributed by atoms with E-state index in [9.17, 15) is 0 Å². The van der Waals surface area contributed by atoms with Gasteiger partial charge in [-0.15, -0.1) is 0 Å². The monoisotopic (exact) mass is 226 g/mol. The summed E-state index contributed by atoms with van der Waals surface area (Å²) in [5, 5.41) is 0. The number of hydrogen-bond acceptors (Lipinski definition) is 2. The average Bonchev–Trinajstić information content (AvgIpc) is 2.28. The molecule has 16 heavy (non-hydrogen) atoms. The Balaban J connectivity index is 2.43. The summed E-state index contributed by atoms with van der Waals surface area (Å²) in [4.78, 5) is 2.64. The van der Waals surface area contributed by atoms with Crippen LogP contribution in [0.1, 0.15) is 52.9 Å². The molecule has 0 aromatic heterocycles. The molecule has 0 heterocycles. The molecular formula is C14H30N2. The predicted octanol–water partition coefficient (Wildman–Crippen LogP) is 2.87. The third-order valence-electron chi connectivity index (χ3n) is 4.30. The van der Waals surface area contributed by atoms with Crippen molar-refractivity contribution in [3.63, 3.8) is 0 Å². The quantitative estimate of drug-likeness (QED) is 0.754. The molecule has 3 atom stereocenters. The number of nitrogens with zero attached hydrogens (tertiary/aromatic N) is 1. The van der Waals surface area contributed by atoms with Crippen LogP contribution in [0.4, 0.5) is 0 Å². The summed E-state index contributed by atoms with van der Waals surface area (Å²) in [6.07, 6.45) is 6.78. The van der Waals surface area contributed by atoms with Gasteiger partial charge in [0.25, 0.3) is 0 Å². The SMILES string of the molecule is CCCCN(CCN)C1CCC(C)C(C)C1. The summed E-state index contributed by atoms with van der Waals surface area (Å²) >= 11 is 0. The number of hydrogen-bond donors (Lipinski definition) is 1. The maximum atomic E-state index is 5.73. The molecule has 1 aliphatic carbocycles. The Bertz CT molecular complexity index is 180. The third-order valence-corrected chi connectivity index (χ3v) is 4.30. The molecule has 96 valence electrons. The zero-order valence-corrected chi connectivity index (χ0v) is 11.4. The molecule has 0 aromatic carbocycles. The summed E-state index contributed by atoms with van der Waals surface area (Å²) in [6.45, 7) is 10.2. The van der Waals surface area contributed by atoms with Gasteiger partial charge in [0.15, 0.2) is 0 Å². The highest BCUT2D eigenvalue weighted by atomic mass is 15.2.